The Hall–Kier alpha value is -2.91. The Bertz CT molecular complexity index is 820. The highest BCUT2D eigenvalue weighted by Gasteiger charge is 2.21. The fourth-order valence-corrected chi connectivity index (χ4v) is 2.92. The largest absolute Gasteiger partial charge is 0.480 e. The molecule has 1 heterocycles. The summed E-state index contributed by atoms with van der Waals surface area (Å²) in [7, 11) is 0. The number of nitrogens with two attached hydrogens (primary N) is 2. The van der Waals surface area contributed by atoms with Crippen LogP contribution in [0.25, 0.3) is 10.9 Å². The van der Waals surface area contributed by atoms with Gasteiger partial charge in [-0.15, -0.1) is 0 Å². The van der Waals surface area contributed by atoms with Crippen LogP contribution in [0.5, 0.6) is 0 Å². The number of para-hydroxylation sites is 1. The summed E-state index contributed by atoms with van der Waals surface area (Å²) < 4.78 is 0. The quantitative estimate of drug-likeness (QED) is 0.293. The van der Waals surface area contributed by atoms with E-state index in [0.29, 0.717) is 25.8 Å². The lowest BCUT2D eigenvalue weighted by Crippen LogP contribution is -2.49. The van der Waals surface area contributed by atoms with Crippen LogP contribution < -0.4 is 22.1 Å². The van der Waals surface area contributed by atoms with Crippen molar-refractivity contribution in [1.82, 2.24) is 15.6 Å². The minimum atomic E-state index is -1.12. The summed E-state index contributed by atoms with van der Waals surface area (Å²) in [5.74, 6) is -2.17. The lowest BCUT2D eigenvalue weighted by atomic mass is 10.1. The van der Waals surface area contributed by atoms with Gasteiger partial charge in [0.15, 0.2) is 0 Å². The summed E-state index contributed by atoms with van der Waals surface area (Å²) in [5, 5.41) is 15.0. The normalized spacial score (nSPS) is 13.1. The Morgan fingerprint density at radius 2 is 1.93 bits per heavy atom. The molecule has 2 aromatic rings. The second-order valence-corrected chi connectivity index (χ2v) is 6.63. The van der Waals surface area contributed by atoms with Crippen molar-refractivity contribution in [2.24, 2.45) is 11.5 Å². The zero-order chi connectivity index (χ0) is 20.5. The van der Waals surface area contributed by atoms with Gasteiger partial charge in [-0.25, -0.2) is 4.79 Å². The highest BCUT2D eigenvalue weighted by molar-refractivity contribution is 5.90. The predicted octanol–water partition coefficient (Wildman–Crippen LogP) is -0.148. The summed E-state index contributed by atoms with van der Waals surface area (Å²) >= 11 is 0. The molecule has 0 aliphatic rings. The number of benzene rings is 1. The summed E-state index contributed by atoms with van der Waals surface area (Å²) in [6, 6.07) is 5.86. The zero-order valence-corrected chi connectivity index (χ0v) is 15.6. The standard InChI is InChI=1S/C19H27N5O4/c20-8-4-3-7-16(19(27)28)24-17(25)11-23-18(26)14(21)9-12-10-22-15-6-2-1-5-13(12)15/h1-2,5-6,10,14,16,22H,3-4,7-9,11,20-21H2,(H,23,26)(H,24,25)(H,27,28). The van der Waals surface area contributed by atoms with E-state index < -0.39 is 29.9 Å². The van der Waals surface area contributed by atoms with Crippen molar-refractivity contribution in [2.75, 3.05) is 13.1 Å². The molecule has 0 bridgehead atoms. The van der Waals surface area contributed by atoms with E-state index in [4.69, 9.17) is 16.6 Å². The fraction of sp³-hybridized carbons (Fsp3) is 0.421. The van der Waals surface area contributed by atoms with Gasteiger partial charge in [-0.05, 0) is 43.9 Å². The first-order valence-corrected chi connectivity index (χ1v) is 9.23. The van der Waals surface area contributed by atoms with Gasteiger partial charge in [-0.1, -0.05) is 18.2 Å². The molecule has 8 N–H and O–H groups in total. The number of aliphatic carboxylic acids is 1. The van der Waals surface area contributed by atoms with Crippen molar-refractivity contribution in [3.63, 3.8) is 0 Å². The summed E-state index contributed by atoms with van der Waals surface area (Å²) in [6.45, 7) is 0.131. The summed E-state index contributed by atoms with van der Waals surface area (Å²) in [4.78, 5) is 38.5. The second kappa shape index (κ2) is 10.4. The number of carbonyl (C=O) groups is 3. The number of nitrogens with one attached hydrogen (secondary N) is 3. The highest BCUT2D eigenvalue weighted by atomic mass is 16.4. The second-order valence-electron chi connectivity index (χ2n) is 6.63. The van der Waals surface area contributed by atoms with Gasteiger partial charge in [0.25, 0.3) is 0 Å². The number of carbonyl (C=O) groups excluding carboxylic acids is 2. The SMILES string of the molecule is NCCCCC(NC(=O)CNC(=O)C(N)Cc1c[nH]c2ccccc12)C(=O)O. The van der Waals surface area contributed by atoms with Crippen molar-refractivity contribution in [2.45, 2.75) is 37.8 Å². The smallest absolute Gasteiger partial charge is 0.326 e. The number of carboxylic acid groups (broad SMARTS) is 1. The van der Waals surface area contributed by atoms with E-state index in [2.05, 4.69) is 15.6 Å². The number of hydrogen-bond donors (Lipinski definition) is 6. The van der Waals surface area contributed by atoms with Gasteiger partial charge in [0.2, 0.25) is 11.8 Å². The molecule has 2 atom stereocenters. The van der Waals surface area contributed by atoms with Crippen LogP contribution in [0.4, 0.5) is 0 Å². The van der Waals surface area contributed by atoms with Crippen molar-refractivity contribution in [1.29, 1.82) is 0 Å². The molecule has 2 unspecified atom stereocenters. The van der Waals surface area contributed by atoms with Gasteiger partial charge < -0.3 is 32.2 Å². The van der Waals surface area contributed by atoms with Crippen LogP contribution in [0, 0.1) is 0 Å². The third kappa shape index (κ3) is 6.07. The number of aromatic nitrogens is 1. The molecule has 2 amide bonds. The van der Waals surface area contributed by atoms with Gasteiger partial charge in [0.05, 0.1) is 12.6 Å². The van der Waals surface area contributed by atoms with E-state index >= 15 is 0 Å². The first-order chi connectivity index (χ1) is 13.4. The van der Waals surface area contributed by atoms with Gasteiger partial charge in [-0.3, -0.25) is 9.59 Å². The van der Waals surface area contributed by atoms with E-state index in [0.717, 1.165) is 16.5 Å². The Balaban J connectivity index is 1.81. The number of rotatable bonds is 11. The summed E-state index contributed by atoms with van der Waals surface area (Å²) in [5.41, 5.74) is 13.2. The number of hydrogen-bond acceptors (Lipinski definition) is 5. The minimum absolute atomic E-state index is 0.284. The Morgan fingerprint density at radius 1 is 1.18 bits per heavy atom. The first kappa shape index (κ1) is 21.4. The van der Waals surface area contributed by atoms with Crippen LogP contribution in [-0.4, -0.2) is 53.0 Å². The van der Waals surface area contributed by atoms with Gasteiger partial charge in [0, 0.05) is 17.1 Å². The molecule has 0 aliphatic heterocycles. The Kier molecular flexibility index (Phi) is 7.97. The molecule has 28 heavy (non-hydrogen) atoms. The molecule has 2 rings (SSSR count). The zero-order valence-electron chi connectivity index (χ0n) is 15.6. The van der Waals surface area contributed by atoms with Gasteiger partial charge in [-0.2, -0.15) is 0 Å². The molecule has 0 saturated heterocycles. The van der Waals surface area contributed by atoms with E-state index in [1.54, 1.807) is 0 Å². The van der Waals surface area contributed by atoms with Crippen LogP contribution >= 0.6 is 0 Å². The van der Waals surface area contributed by atoms with Crippen LogP contribution in [0.3, 0.4) is 0 Å². The van der Waals surface area contributed by atoms with Crippen LogP contribution in [0.1, 0.15) is 24.8 Å². The molecular formula is C19H27N5O4. The molecule has 0 aliphatic carbocycles. The van der Waals surface area contributed by atoms with E-state index in [1.807, 2.05) is 30.5 Å². The molecule has 0 radical (unpaired) electrons. The Labute approximate surface area is 162 Å². The minimum Gasteiger partial charge on any atom is -0.480 e. The van der Waals surface area contributed by atoms with Crippen LogP contribution in [0.2, 0.25) is 0 Å². The van der Waals surface area contributed by atoms with Crippen molar-refractivity contribution < 1.29 is 19.5 Å². The fourth-order valence-electron chi connectivity index (χ4n) is 2.92. The van der Waals surface area contributed by atoms with Crippen molar-refractivity contribution >= 4 is 28.7 Å². The average molecular weight is 389 g/mol. The lowest BCUT2D eigenvalue weighted by molar-refractivity contribution is -0.142. The number of amides is 2. The summed E-state index contributed by atoms with van der Waals surface area (Å²) in [6.07, 6.45) is 3.68. The topological polar surface area (TPSA) is 163 Å². The maximum Gasteiger partial charge on any atom is 0.326 e. The average Bonchev–Trinajstić information content (AvgIpc) is 3.08. The van der Waals surface area contributed by atoms with E-state index in [-0.39, 0.29) is 13.0 Å². The number of fused-ring (bicyclic) bond motifs is 1. The van der Waals surface area contributed by atoms with Crippen LogP contribution in [-0.2, 0) is 20.8 Å². The third-order valence-corrected chi connectivity index (χ3v) is 4.45. The maximum atomic E-state index is 12.2. The van der Waals surface area contributed by atoms with E-state index in [1.165, 1.54) is 0 Å². The molecule has 9 nitrogen and oxygen atoms in total. The predicted molar refractivity (Wildman–Crippen MR) is 105 cm³/mol. The third-order valence-electron chi connectivity index (χ3n) is 4.45. The monoisotopic (exact) mass is 389 g/mol. The number of unbranched alkanes of at least 4 members (excludes halogenated alkanes) is 1. The van der Waals surface area contributed by atoms with Crippen molar-refractivity contribution in [3.05, 3.63) is 36.0 Å². The molecular weight excluding hydrogens is 362 g/mol. The molecule has 9 heteroatoms. The number of carboxylic acids is 1. The van der Waals surface area contributed by atoms with E-state index in [9.17, 15) is 14.4 Å². The molecule has 0 saturated carbocycles. The molecule has 0 spiro atoms. The lowest BCUT2D eigenvalue weighted by Gasteiger charge is -2.16. The number of H-pyrrole nitrogens is 1. The van der Waals surface area contributed by atoms with Gasteiger partial charge in [0.1, 0.15) is 6.04 Å². The van der Waals surface area contributed by atoms with Gasteiger partial charge >= 0.3 is 5.97 Å². The molecule has 152 valence electrons. The molecule has 0 fully saturated rings. The first-order valence-electron chi connectivity index (χ1n) is 9.23. The molecule has 1 aromatic carbocycles. The van der Waals surface area contributed by atoms with Crippen molar-refractivity contribution in [3.8, 4) is 0 Å². The van der Waals surface area contributed by atoms with Crippen LogP contribution in [0.15, 0.2) is 30.5 Å². The maximum absolute atomic E-state index is 12.2. The Morgan fingerprint density at radius 3 is 2.64 bits per heavy atom. The number of aromatic amines is 1. The highest BCUT2D eigenvalue weighted by Crippen LogP contribution is 2.18. The molecule has 1 aromatic heterocycles.